The van der Waals surface area contributed by atoms with Crippen molar-refractivity contribution in [3.63, 3.8) is 0 Å². The number of halogens is 2. The summed E-state index contributed by atoms with van der Waals surface area (Å²) in [6.07, 6.45) is 5.07. The van der Waals surface area contributed by atoms with E-state index in [1.807, 2.05) is 5.32 Å². The molecule has 0 saturated carbocycles. The average molecular weight is 334 g/mol. The Morgan fingerprint density at radius 1 is 1.38 bits per heavy atom. The number of terminal acetylenes is 1. The van der Waals surface area contributed by atoms with Crippen LogP contribution in [0.4, 0.5) is 19.3 Å². The Labute approximate surface area is 137 Å². The molecule has 0 spiro atoms. The first-order chi connectivity index (χ1) is 11.2. The maximum Gasteiger partial charge on any atom is 0.319 e. The van der Waals surface area contributed by atoms with Crippen molar-refractivity contribution in [1.82, 2.24) is 5.32 Å². The van der Waals surface area contributed by atoms with E-state index < -0.39 is 29.0 Å². The van der Waals surface area contributed by atoms with Crippen LogP contribution in [-0.2, 0) is 5.60 Å². The van der Waals surface area contributed by atoms with Crippen LogP contribution in [0, 0.1) is 30.9 Å². The molecule has 0 aliphatic heterocycles. The van der Waals surface area contributed by atoms with Crippen molar-refractivity contribution in [3.05, 3.63) is 53.0 Å². The van der Waals surface area contributed by atoms with E-state index in [1.165, 1.54) is 6.92 Å². The molecule has 2 amide bonds. The number of aryl methyl sites for hydroxylation is 1. The average Bonchev–Trinajstić information content (AvgIpc) is 2.96. The molecule has 5 nitrogen and oxygen atoms in total. The number of anilines is 1. The van der Waals surface area contributed by atoms with Gasteiger partial charge < -0.3 is 20.2 Å². The fourth-order valence-electron chi connectivity index (χ4n) is 2.00. The van der Waals surface area contributed by atoms with Crippen molar-refractivity contribution in [3.8, 4) is 12.3 Å². The van der Waals surface area contributed by atoms with Gasteiger partial charge >= 0.3 is 6.03 Å². The summed E-state index contributed by atoms with van der Waals surface area (Å²) in [7, 11) is 0. The second kappa shape index (κ2) is 6.72. The highest BCUT2D eigenvalue weighted by Crippen LogP contribution is 2.23. The first-order valence-corrected chi connectivity index (χ1v) is 7.03. The Kier molecular flexibility index (Phi) is 4.90. The van der Waals surface area contributed by atoms with Crippen LogP contribution in [0.2, 0.25) is 0 Å². The minimum Gasteiger partial charge on any atom is -0.463 e. The largest absolute Gasteiger partial charge is 0.463 e. The normalized spacial score (nSPS) is 13.0. The number of hydrogen-bond donors (Lipinski definition) is 3. The van der Waals surface area contributed by atoms with Crippen LogP contribution in [0.5, 0.6) is 0 Å². The molecule has 0 aliphatic rings. The SMILES string of the molecule is C#Cc1cc(F)c(NC(=O)NCC(C)(O)c2ccc(C)o2)c(F)c1. The molecular weight excluding hydrogens is 318 g/mol. The molecule has 1 atom stereocenters. The van der Waals surface area contributed by atoms with E-state index in [4.69, 9.17) is 10.8 Å². The van der Waals surface area contributed by atoms with Gasteiger partial charge in [0.1, 0.15) is 22.8 Å². The molecule has 7 heteroatoms. The van der Waals surface area contributed by atoms with Crippen molar-refractivity contribution in [2.24, 2.45) is 0 Å². The summed E-state index contributed by atoms with van der Waals surface area (Å²) in [4.78, 5) is 11.8. The van der Waals surface area contributed by atoms with Crippen molar-refractivity contribution in [2.75, 3.05) is 11.9 Å². The number of aliphatic hydroxyl groups is 1. The van der Waals surface area contributed by atoms with Crippen LogP contribution < -0.4 is 10.6 Å². The predicted molar refractivity (Wildman–Crippen MR) is 84.3 cm³/mol. The van der Waals surface area contributed by atoms with Gasteiger partial charge in [0, 0.05) is 5.56 Å². The molecule has 3 N–H and O–H groups in total. The second-order valence-corrected chi connectivity index (χ2v) is 5.45. The van der Waals surface area contributed by atoms with Crippen LogP contribution in [0.15, 0.2) is 28.7 Å². The molecule has 2 aromatic rings. The van der Waals surface area contributed by atoms with Gasteiger partial charge in [0.05, 0.1) is 6.54 Å². The van der Waals surface area contributed by atoms with Gasteiger partial charge in [0.25, 0.3) is 0 Å². The highest BCUT2D eigenvalue weighted by Gasteiger charge is 2.27. The molecule has 0 fully saturated rings. The third-order valence-electron chi connectivity index (χ3n) is 3.31. The molecule has 0 aliphatic carbocycles. The van der Waals surface area contributed by atoms with E-state index in [0.29, 0.717) is 5.76 Å². The van der Waals surface area contributed by atoms with Gasteiger partial charge in [-0.1, -0.05) is 5.92 Å². The highest BCUT2D eigenvalue weighted by molar-refractivity contribution is 5.89. The third-order valence-corrected chi connectivity index (χ3v) is 3.31. The molecule has 24 heavy (non-hydrogen) atoms. The Hall–Kier alpha value is -2.85. The van der Waals surface area contributed by atoms with Crippen molar-refractivity contribution < 1.29 is 23.1 Å². The maximum atomic E-state index is 13.8. The number of hydrogen-bond acceptors (Lipinski definition) is 3. The van der Waals surface area contributed by atoms with Gasteiger partial charge in [-0.2, -0.15) is 0 Å². The molecule has 1 aromatic carbocycles. The lowest BCUT2D eigenvalue weighted by Gasteiger charge is -2.21. The van der Waals surface area contributed by atoms with Crippen molar-refractivity contribution >= 4 is 11.7 Å². The van der Waals surface area contributed by atoms with Gasteiger partial charge in [0.15, 0.2) is 11.6 Å². The molecule has 126 valence electrons. The summed E-state index contributed by atoms with van der Waals surface area (Å²) in [5.74, 6) is 0.979. The standard InChI is InChI=1S/C17H16F2N2O3/c1-4-11-7-12(18)15(13(19)8-11)21-16(22)20-9-17(3,23)14-6-5-10(2)24-14/h1,5-8,23H,9H2,2-3H3,(H2,20,21,22). The fourth-order valence-corrected chi connectivity index (χ4v) is 2.00. The third kappa shape index (κ3) is 3.91. The lowest BCUT2D eigenvalue weighted by atomic mass is 10.0. The first kappa shape index (κ1) is 17.5. The molecule has 0 radical (unpaired) electrons. The molecule has 1 aromatic heterocycles. The maximum absolute atomic E-state index is 13.8. The molecule has 1 unspecified atom stereocenters. The van der Waals surface area contributed by atoms with E-state index in [1.54, 1.807) is 19.1 Å². The van der Waals surface area contributed by atoms with E-state index >= 15 is 0 Å². The van der Waals surface area contributed by atoms with Crippen LogP contribution in [0.3, 0.4) is 0 Å². The van der Waals surface area contributed by atoms with Gasteiger partial charge in [-0.3, -0.25) is 0 Å². The Bertz CT molecular complexity index is 783. The minimum atomic E-state index is -1.48. The van der Waals surface area contributed by atoms with Gasteiger partial charge in [0.2, 0.25) is 0 Å². The zero-order chi connectivity index (χ0) is 17.9. The lowest BCUT2D eigenvalue weighted by Crippen LogP contribution is -2.40. The first-order valence-electron chi connectivity index (χ1n) is 7.03. The molecule has 2 rings (SSSR count). The van der Waals surface area contributed by atoms with E-state index in [2.05, 4.69) is 11.2 Å². The second-order valence-electron chi connectivity index (χ2n) is 5.45. The molecule has 1 heterocycles. The highest BCUT2D eigenvalue weighted by atomic mass is 19.1. The van der Waals surface area contributed by atoms with Gasteiger partial charge in [-0.05, 0) is 38.1 Å². The Morgan fingerprint density at radius 2 is 2.00 bits per heavy atom. The Morgan fingerprint density at radius 3 is 2.50 bits per heavy atom. The van der Waals surface area contributed by atoms with Crippen LogP contribution in [0.25, 0.3) is 0 Å². The summed E-state index contributed by atoms with van der Waals surface area (Å²) < 4.78 is 32.8. The number of urea groups is 1. The summed E-state index contributed by atoms with van der Waals surface area (Å²) in [6, 6.07) is 4.22. The number of benzene rings is 1. The summed E-state index contributed by atoms with van der Waals surface area (Å²) in [5, 5.41) is 14.7. The molecular formula is C17H16F2N2O3. The molecule has 0 saturated heterocycles. The van der Waals surface area contributed by atoms with Crippen LogP contribution in [0.1, 0.15) is 24.0 Å². The van der Waals surface area contributed by atoms with Crippen molar-refractivity contribution in [1.29, 1.82) is 0 Å². The number of carbonyl (C=O) groups excluding carboxylic acids is 1. The predicted octanol–water partition coefficient (Wildman–Crippen LogP) is 2.88. The van der Waals surface area contributed by atoms with Crippen LogP contribution in [-0.4, -0.2) is 17.7 Å². The van der Waals surface area contributed by atoms with Gasteiger partial charge in [-0.15, -0.1) is 6.42 Å². The monoisotopic (exact) mass is 334 g/mol. The minimum absolute atomic E-state index is 0.0204. The topological polar surface area (TPSA) is 74.5 Å². The lowest BCUT2D eigenvalue weighted by molar-refractivity contribution is 0.0364. The smallest absolute Gasteiger partial charge is 0.319 e. The zero-order valence-corrected chi connectivity index (χ0v) is 13.1. The van der Waals surface area contributed by atoms with Crippen molar-refractivity contribution in [2.45, 2.75) is 19.4 Å². The van der Waals surface area contributed by atoms with E-state index in [0.717, 1.165) is 12.1 Å². The summed E-state index contributed by atoms with van der Waals surface area (Å²) >= 11 is 0. The number of furan rings is 1. The van der Waals surface area contributed by atoms with Crippen LogP contribution >= 0.6 is 0 Å². The molecule has 0 bridgehead atoms. The number of amides is 2. The quantitative estimate of drug-likeness (QED) is 0.753. The fraction of sp³-hybridized carbons (Fsp3) is 0.235. The Balaban J connectivity index is 2.03. The number of carbonyl (C=O) groups is 1. The van der Waals surface area contributed by atoms with E-state index in [9.17, 15) is 18.7 Å². The number of rotatable bonds is 4. The van der Waals surface area contributed by atoms with Gasteiger partial charge in [-0.25, -0.2) is 13.6 Å². The van der Waals surface area contributed by atoms with E-state index in [-0.39, 0.29) is 17.9 Å². The summed E-state index contributed by atoms with van der Waals surface area (Å²) in [6.45, 7) is 2.93. The zero-order valence-electron chi connectivity index (χ0n) is 13.1. The number of nitrogens with one attached hydrogen (secondary N) is 2. The summed E-state index contributed by atoms with van der Waals surface area (Å²) in [5.41, 5.74) is -2.08.